The predicted molar refractivity (Wildman–Crippen MR) is 60.7 cm³/mol. The van der Waals surface area contributed by atoms with Crippen molar-refractivity contribution in [3.63, 3.8) is 0 Å². The van der Waals surface area contributed by atoms with Crippen LogP contribution in [-0.2, 0) is 4.79 Å². The average Bonchev–Trinajstić information content (AvgIpc) is 3.09. The Morgan fingerprint density at radius 3 is 2.53 bits per heavy atom. The zero-order valence-corrected chi connectivity index (χ0v) is 10.3. The third-order valence-corrected chi connectivity index (χ3v) is 4.18. The van der Waals surface area contributed by atoms with Gasteiger partial charge in [0.15, 0.2) is 0 Å². The molecule has 5 heteroatoms. The summed E-state index contributed by atoms with van der Waals surface area (Å²) in [4.78, 5) is 11.2. The number of carboxylic acids is 1. The lowest BCUT2D eigenvalue weighted by molar-refractivity contribution is -0.139. The molecule has 0 radical (unpaired) electrons. The van der Waals surface area contributed by atoms with Crippen molar-refractivity contribution in [1.29, 1.82) is 0 Å². The SMILES string of the molecule is Cc1nnc(C2C(C(=O)O)C2(C)C)n1C1CC1. The van der Waals surface area contributed by atoms with Crippen LogP contribution in [0.4, 0.5) is 0 Å². The van der Waals surface area contributed by atoms with Gasteiger partial charge in [-0.15, -0.1) is 10.2 Å². The molecule has 0 spiro atoms. The maximum Gasteiger partial charge on any atom is 0.307 e. The van der Waals surface area contributed by atoms with E-state index in [1.54, 1.807) is 0 Å². The Labute approximate surface area is 99.9 Å². The van der Waals surface area contributed by atoms with Crippen molar-refractivity contribution in [3.8, 4) is 0 Å². The standard InChI is InChI=1S/C12H17N3O2/c1-6-13-14-10(15(6)7-4-5-7)8-9(11(16)17)12(8,2)3/h7-9H,4-5H2,1-3H3,(H,16,17). The molecule has 2 atom stereocenters. The highest BCUT2D eigenvalue weighted by atomic mass is 16.4. The molecule has 0 bridgehead atoms. The van der Waals surface area contributed by atoms with Gasteiger partial charge in [0.1, 0.15) is 11.6 Å². The molecule has 1 aromatic heterocycles. The second-order valence-electron chi connectivity index (χ2n) is 5.82. The van der Waals surface area contributed by atoms with Gasteiger partial charge in [0.05, 0.1) is 5.92 Å². The highest BCUT2D eigenvalue weighted by Crippen LogP contribution is 2.64. The number of carbonyl (C=O) groups is 1. The third kappa shape index (κ3) is 1.41. The maximum absolute atomic E-state index is 11.2. The van der Waals surface area contributed by atoms with Crippen LogP contribution >= 0.6 is 0 Å². The molecular weight excluding hydrogens is 218 g/mol. The number of aliphatic carboxylic acids is 1. The van der Waals surface area contributed by atoms with Crippen LogP contribution in [0.25, 0.3) is 0 Å². The van der Waals surface area contributed by atoms with E-state index in [0.717, 1.165) is 24.5 Å². The normalized spacial score (nSPS) is 30.3. The number of nitrogens with zero attached hydrogens (tertiary/aromatic N) is 3. The van der Waals surface area contributed by atoms with Gasteiger partial charge in [-0.25, -0.2) is 0 Å². The number of aryl methyl sites for hydroxylation is 1. The minimum absolute atomic E-state index is 0.0156. The average molecular weight is 235 g/mol. The number of hydrogen-bond acceptors (Lipinski definition) is 3. The van der Waals surface area contributed by atoms with Gasteiger partial charge in [0.2, 0.25) is 0 Å². The van der Waals surface area contributed by atoms with Gasteiger partial charge in [-0.1, -0.05) is 13.8 Å². The number of carboxylic acid groups (broad SMARTS) is 1. The molecule has 2 aliphatic carbocycles. The Bertz CT molecular complexity index is 488. The van der Waals surface area contributed by atoms with E-state index >= 15 is 0 Å². The number of rotatable bonds is 3. The van der Waals surface area contributed by atoms with Crippen LogP contribution < -0.4 is 0 Å². The van der Waals surface area contributed by atoms with Gasteiger partial charge in [0.25, 0.3) is 0 Å². The Morgan fingerprint density at radius 1 is 1.41 bits per heavy atom. The van der Waals surface area contributed by atoms with E-state index in [1.807, 2.05) is 20.8 Å². The summed E-state index contributed by atoms with van der Waals surface area (Å²) in [5.41, 5.74) is -0.196. The largest absolute Gasteiger partial charge is 0.481 e. The first kappa shape index (κ1) is 10.7. The first-order chi connectivity index (χ1) is 7.94. The molecule has 0 aromatic carbocycles. The van der Waals surface area contributed by atoms with Crippen LogP contribution in [-0.4, -0.2) is 25.8 Å². The molecule has 0 saturated heterocycles. The van der Waals surface area contributed by atoms with Crippen molar-refractivity contribution in [2.45, 2.75) is 45.6 Å². The van der Waals surface area contributed by atoms with Crippen LogP contribution in [0.15, 0.2) is 0 Å². The van der Waals surface area contributed by atoms with Crippen molar-refractivity contribution in [2.24, 2.45) is 11.3 Å². The quantitative estimate of drug-likeness (QED) is 0.866. The highest BCUT2D eigenvalue weighted by Gasteiger charge is 2.65. The Hall–Kier alpha value is -1.39. The molecule has 2 aliphatic rings. The van der Waals surface area contributed by atoms with Crippen molar-refractivity contribution < 1.29 is 9.90 Å². The van der Waals surface area contributed by atoms with Crippen LogP contribution in [0.2, 0.25) is 0 Å². The summed E-state index contributed by atoms with van der Waals surface area (Å²) >= 11 is 0. The van der Waals surface area contributed by atoms with Crippen LogP contribution in [0, 0.1) is 18.3 Å². The van der Waals surface area contributed by atoms with Gasteiger partial charge in [-0.05, 0) is 25.2 Å². The summed E-state index contributed by atoms with van der Waals surface area (Å²) in [6.45, 7) is 5.94. The van der Waals surface area contributed by atoms with E-state index in [4.69, 9.17) is 0 Å². The minimum atomic E-state index is -0.719. The second-order valence-corrected chi connectivity index (χ2v) is 5.82. The third-order valence-electron chi connectivity index (χ3n) is 4.18. The fourth-order valence-corrected chi connectivity index (χ4v) is 2.96. The summed E-state index contributed by atoms with van der Waals surface area (Å²) in [7, 11) is 0. The molecular formula is C12H17N3O2. The molecule has 0 amide bonds. The summed E-state index contributed by atoms with van der Waals surface area (Å²) in [6, 6.07) is 0.505. The topological polar surface area (TPSA) is 68.0 Å². The summed E-state index contributed by atoms with van der Waals surface area (Å²) in [6.07, 6.45) is 2.33. The zero-order chi connectivity index (χ0) is 12.4. The fourth-order valence-electron chi connectivity index (χ4n) is 2.96. The molecule has 92 valence electrons. The van der Waals surface area contributed by atoms with E-state index < -0.39 is 5.97 Å². The van der Waals surface area contributed by atoms with Crippen molar-refractivity contribution in [3.05, 3.63) is 11.6 Å². The second kappa shape index (κ2) is 3.09. The lowest BCUT2D eigenvalue weighted by Crippen LogP contribution is -2.05. The van der Waals surface area contributed by atoms with E-state index in [1.165, 1.54) is 0 Å². The lowest BCUT2D eigenvalue weighted by atomic mass is 10.1. The van der Waals surface area contributed by atoms with Gasteiger partial charge in [0, 0.05) is 12.0 Å². The first-order valence-electron chi connectivity index (χ1n) is 6.08. The summed E-state index contributed by atoms with van der Waals surface area (Å²) in [5, 5.41) is 17.6. The Balaban J connectivity index is 1.98. The van der Waals surface area contributed by atoms with Gasteiger partial charge >= 0.3 is 5.97 Å². The van der Waals surface area contributed by atoms with Crippen molar-refractivity contribution in [2.75, 3.05) is 0 Å². The van der Waals surface area contributed by atoms with Crippen LogP contribution in [0.5, 0.6) is 0 Å². The van der Waals surface area contributed by atoms with Gasteiger partial charge < -0.3 is 9.67 Å². The number of aromatic nitrogens is 3. The minimum Gasteiger partial charge on any atom is -0.481 e. The van der Waals surface area contributed by atoms with Crippen LogP contribution in [0.1, 0.15) is 50.3 Å². The number of hydrogen-bond donors (Lipinski definition) is 1. The van der Waals surface area contributed by atoms with E-state index in [0.29, 0.717) is 6.04 Å². The monoisotopic (exact) mass is 235 g/mol. The molecule has 5 nitrogen and oxygen atoms in total. The van der Waals surface area contributed by atoms with Crippen molar-refractivity contribution in [1.82, 2.24) is 14.8 Å². The Kier molecular flexibility index (Phi) is 1.95. The van der Waals surface area contributed by atoms with Gasteiger partial charge in [-0.3, -0.25) is 4.79 Å². The molecule has 17 heavy (non-hydrogen) atoms. The lowest BCUT2D eigenvalue weighted by Gasteiger charge is -2.07. The van der Waals surface area contributed by atoms with E-state index in [2.05, 4.69) is 14.8 Å². The molecule has 2 saturated carbocycles. The molecule has 3 rings (SSSR count). The highest BCUT2D eigenvalue weighted by molar-refractivity contribution is 5.77. The van der Waals surface area contributed by atoms with E-state index in [9.17, 15) is 9.90 Å². The summed E-state index contributed by atoms with van der Waals surface area (Å²) < 4.78 is 2.15. The summed E-state index contributed by atoms with van der Waals surface area (Å²) in [5.74, 6) is 0.769. The smallest absolute Gasteiger partial charge is 0.307 e. The first-order valence-corrected chi connectivity index (χ1v) is 6.08. The molecule has 1 heterocycles. The molecule has 2 unspecified atom stereocenters. The predicted octanol–water partition coefficient (Wildman–Crippen LogP) is 1.75. The molecule has 0 aliphatic heterocycles. The fraction of sp³-hybridized carbons (Fsp3) is 0.750. The molecule has 1 aromatic rings. The van der Waals surface area contributed by atoms with Gasteiger partial charge in [-0.2, -0.15) is 0 Å². The van der Waals surface area contributed by atoms with Crippen molar-refractivity contribution >= 4 is 5.97 Å². The maximum atomic E-state index is 11.2. The van der Waals surface area contributed by atoms with E-state index in [-0.39, 0.29) is 17.3 Å². The zero-order valence-electron chi connectivity index (χ0n) is 10.3. The Morgan fingerprint density at radius 2 is 2.06 bits per heavy atom. The molecule has 2 fully saturated rings. The molecule has 1 N–H and O–H groups in total. The van der Waals surface area contributed by atoms with Crippen LogP contribution in [0.3, 0.4) is 0 Å².